The molecule has 1 aliphatic rings. The Labute approximate surface area is 185 Å². The number of H-pyrrole nitrogens is 1. The average Bonchev–Trinajstić information content (AvgIpc) is 3.40. The zero-order valence-corrected chi connectivity index (χ0v) is 18.1. The van der Waals surface area contributed by atoms with E-state index in [2.05, 4.69) is 15.3 Å². The number of rotatable bonds is 7. The Balaban J connectivity index is 1.57. The molecule has 1 saturated heterocycles. The SMILES string of the molecule is COC[C@@H]1CCCN1C(=O)[C@H](Cc1ccccc1)NC(=O)c1cc2cc(Cl)ncc2[nH]1. The maximum absolute atomic E-state index is 13.4. The lowest BCUT2D eigenvalue weighted by Crippen LogP contribution is -2.51. The molecule has 3 heterocycles. The molecule has 2 aromatic heterocycles. The number of nitrogens with one attached hydrogen (secondary N) is 2. The molecule has 0 unspecified atom stereocenters. The van der Waals surface area contributed by atoms with Crippen molar-refractivity contribution in [2.45, 2.75) is 31.3 Å². The second kappa shape index (κ2) is 9.49. The van der Waals surface area contributed by atoms with E-state index in [0.29, 0.717) is 35.9 Å². The molecule has 162 valence electrons. The lowest BCUT2D eigenvalue weighted by Gasteiger charge is -2.29. The number of pyridine rings is 1. The van der Waals surface area contributed by atoms with Crippen molar-refractivity contribution in [3.05, 3.63) is 65.1 Å². The normalized spacial score (nSPS) is 17.1. The van der Waals surface area contributed by atoms with Crippen LogP contribution in [0, 0.1) is 0 Å². The summed E-state index contributed by atoms with van der Waals surface area (Å²) in [6.07, 6.45) is 3.83. The van der Waals surface area contributed by atoms with Crippen LogP contribution in [0.15, 0.2) is 48.7 Å². The Morgan fingerprint density at radius 2 is 2.13 bits per heavy atom. The molecule has 0 spiro atoms. The summed E-state index contributed by atoms with van der Waals surface area (Å²) in [5.74, 6) is -0.429. The minimum Gasteiger partial charge on any atom is -0.383 e. The van der Waals surface area contributed by atoms with Crippen LogP contribution in [0.1, 0.15) is 28.9 Å². The molecule has 2 amide bonds. The van der Waals surface area contributed by atoms with Crippen LogP contribution in [0.3, 0.4) is 0 Å². The minimum absolute atomic E-state index is 0.0361. The van der Waals surface area contributed by atoms with Crippen LogP contribution < -0.4 is 5.32 Å². The van der Waals surface area contributed by atoms with Crippen LogP contribution in [0.25, 0.3) is 10.9 Å². The van der Waals surface area contributed by atoms with Gasteiger partial charge in [-0.15, -0.1) is 0 Å². The molecule has 0 bridgehead atoms. The third-order valence-corrected chi connectivity index (χ3v) is 5.83. The van der Waals surface area contributed by atoms with Crippen molar-refractivity contribution in [2.24, 2.45) is 0 Å². The van der Waals surface area contributed by atoms with Gasteiger partial charge in [0.2, 0.25) is 5.91 Å². The Bertz CT molecular complexity index is 1070. The van der Waals surface area contributed by atoms with E-state index in [0.717, 1.165) is 23.8 Å². The Kier molecular flexibility index (Phi) is 6.53. The van der Waals surface area contributed by atoms with Gasteiger partial charge in [-0.3, -0.25) is 9.59 Å². The van der Waals surface area contributed by atoms with Gasteiger partial charge in [-0.2, -0.15) is 0 Å². The summed E-state index contributed by atoms with van der Waals surface area (Å²) >= 11 is 5.95. The number of likely N-dealkylation sites (tertiary alicyclic amines) is 1. The highest BCUT2D eigenvalue weighted by Gasteiger charge is 2.34. The summed E-state index contributed by atoms with van der Waals surface area (Å²) in [6, 6.07) is 12.5. The number of aromatic nitrogens is 2. The number of hydrogen-bond acceptors (Lipinski definition) is 4. The summed E-state index contributed by atoms with van der Waals surface area (Å²) in [7, 11) is 1.64. The summed E-state index contributed by atoms with van der Waals surface area (Å²) in [5, 5.41) is 4.08. The minimum atomic E-state index is -0.680. The fourth-order valence-electron chi connectivity index (χ4n) is 4.10. The first-order valence-corrected chi connectivity index (χ1v) is 10.7. The molecule has 8 heteroatoms. The topological polar surface area (TPSA) is 87.3 Å². The summed E-state index contributed by atoms with van der Waals surface area (Å²) in [5.41, 5.74) is 2.05. The van der Waals surface area contributed by atoms with Gasteiger partial charge in [0.25, 0.3) is 5.91 Å². The molecule has 2 N–H and O–H groups in total. The highest BCUT2D eigenvalue weighted by atomic mass is 35.5. The number of aromatic amines is 1. The molecule has 2 atom stereocenters. The van der Waals surface area contributed by atoms with Gasteiger partial charge in [0.1, 0.15) is 16.9 Å². The maximum atomic E-state index is 13.4. The highest BCUT2D eigenvalue weighted by molar-refractivity contribution is 6.30. The summed E-state index contributed by atoms with van der Waals surface area (Å²) < 4.78 is 5.29. The smallest absolute Gasteiger partial charge is 0.268 e. The predicted octanol–water partition coefficient (Wildman–Crippen LogP) is 3.19. The highest BCUT2D eigenvalue weighted by Crippen LogP contribution is 2.21. The van der Waals surface area contributed by atoms with Gasteiger partial charge in [0, 0.05) is 25.5 Å². The number of nitrogens with zero attached hydrogens (tertiary/aromatic N) is 2. The van der Waals surface area contributed by atoms with Crippen LogP contribution >= 0.6 is 11.6 Å². The molecule has 1 aliphatic heterocycles. The van der Waals surface area contributed by atoms with E-state index in [4.69, 9.17) is 16.3 Å². The second-order valence-electron chi connectivity index (χ2n) is 7.78. The van der Waals surface area contributed by atoms with Crippen molar-refractivity contribution in [3.63, 3.8) is 0 Å². The van der Waals surface area contributed by atoms with E-state index < -0.39 is 6.04 Å². The van der Waals surface area contributed by atoms with Gasteiger partial charge >= 0.3 is 0 Å². The molecule has 3 aromatic rings. The van der Waals surface area contributed by atoms with Crippen LogP contribution in [-0.4, -0.2) is 59.0 Å². The predicted molar refractivity (Wildman–Crippen MR) is 119 cm³/mol. The molecular weight excluding hydrogens is 416 g/mol. The van der Waals surface area contributed by atoms with E-state index in [9.17, 15) is 9.59 Å². The largest absolute Gasteiger partial charge is 0.383 e. The summed E-state index contributed by atoms with van der Waals surface area (Å²) in [6.45, 7) is 1.16. The summed E-state index contributed by atoms with van der Waals surface area (Å²) in [4.78, 5) is 35.4. The van der Waals surface area contributed by atoms with E-state index >= 15 is 0 Å². The zero-order chi connectivity index (χ0) is 21.8. The molecule has 7 nitrogen and oxygen atoms in total. The third kappa shape index (κ3) is 4.89. The van der Waals surface area contributed by atoms with Gasteiger partial charge in [0.05, 0.1) is 24.4 Å². The average molecular weight is 441 g/mol. The van der Waals surface area contributed by atoms with E-state index in [-0.39, 0.29) is 17.9 Å². The first-order chi connectivity index (χ1) is 15.0. The fraction of sp³-hybridized carbons (Fsp3) is 0.348. The van der Waals surface area contributed by atoms with Crippen molar-refractivity contribution in [2.75, 3.05) is 20.3 Å². The monoisotopic (exact) mass is 440 g/mol. The maximum Gasteiger partial charge on any atom is 0.268 e. The molecular formula is C23H25ClN4O3. The van der Waals surface area contributed by atoms with E-state index in [1.165, 1.54) is 0 Å². The number of halogens is 1. The van der Waals surface area contributed by atoms with Crippen molar-refractivity contribution in [1.82, 2.24) is 20.2 Å². The number of carbonyl (C=O) groups is 2. The third-order valence-electron chi connectivity index (χ3n) is 5.62. The van der Waals surface area contributed by atoms with Gasteiger partial charge in [-0.1, -0.05) is 41.9 Å². The zero-order valence-electron chi connectivity index (χ0n) is 17.3. The molecule has 4 rings (SSSR count). The van der Waals surface area contributed by atoms with E-state index in [1.54, 1.807) is 25.4 Å². The Hall–Kier alpha value is -2.90. The van der Waals surface area contributed by atoms with Crippen LogP contribution in [0.5, 0.6) is 0 Å². The van der Waals surface area contributed by atoms with Gasteiger partial charge in [0.15, 0.2) is 0 Å². The molecule has 0 aliphatic carbocycles. The van der Waals surface area contributed by atoms with Crippen LogP contribution in [0.2, 0.25) is 5.15 Å². The first kappa shape index (κ1) is 21.3. The van der Waals surface area contributed by atoms with Crippen molar-refractivity contribution in [1.29, 1.82) is 0 Å². The van der Waals surface area contributed by atoms with Gasteiger partial charge in [-0.25, -0.2) is 4.98 Å². The number of fused-ring (bicyclic) bond motifs is 1. The Morgan fingerprint density at radius 3 is 2.90 bits per heavy atom. The first-order valence-electron chi connectivity index (χ1n) is 10.3. The number of ether oxygens (including phenoxy) is 1. The molecule has 31 heavy (non-hydrogen) atoms. The Morgan fingerprint density at radius 1 is 1.32 bits per heavy atom. The molecule has 0 saturated carbocycles. The standard InChI is InChI=1S/C23H25ClN4O3/c1-31-14-17-8-5-9-28(17)23(30)19(10-15-6-3-2-4-7-15)27-22(29)18-11-16-12-21(24)25-13-20(16)26-18/h2-4,6-7,11-13,17,19,26H,5,8-10,14H2,1H3,(H,27,29)/t17-,19-/m0/s1. The number of benzene rings is 1. The van der Waals surface area contributed by atoms with Crippen LogP contribution in [0.4, 0.5) is 0 Å². The van der Waals surface area contributed by atoms with Crippen molar-refractivity contribution in [3.8, 4) is 0 Å². The van der Waals surface area contributed by atoms with Gasteiger partial charge in [-0.05, 0) is 30.5 Å². The molecule has 1 fully saturated rings. The second-order valence-corrected chi connectivity index (χ2v) is 8.16. The number of amides is 2. The van der Waals surface area contributed by atoms with Crippen molar-refractivity contribution >= 4 is 34.3 Å². The number of methoxy groups -OCH3 is 1. The van der Waals surface area contributed by atoms with Crippen LogP contribution in [-0.2, 0) is 16.0 Å². The van der Waals surface area contributed by atoms with Gasteiger partial charge < -0.3 is 19.9 Å². The lowest BCUT2D eigenvalue weighted by atomic mass is 10.0. The number of carbonyl (C=O) groups excluding carboxylic acids is 2. The molecule has 0 radical (unpaired) electrons. The fourth-order valence-corrected chi connectivity index (χ4v) is 4.27. The number of hydrogen-bond donors (Lipinski definition) is 2. The quantitative estimate of drug-likeness (QED) is 0.552. The van der Waals surface area contributed by atoms with Crippen molar-refractivity contribution < 1.29 is 14.3 Å². The lowest BCUT2D eigenvalue weighted by molar-refractivity contribution is -0.135. The van der Waals surface area contributed by atoms with E-state index in [1.807, 2.05) is 35.2 Å². The molecule has 1 aromatic carbocycles.